The van der Waals surface area contributed by atoms with E-state index >= 15 is 0 Å². The van der Waals surface area contributed by atoms with Gasteiger partial charge in [0.15, 0.2) is 11.7 Å². The summed E-state index contributed by atoms with van der Waals surface area (Å²) in [6.07, 6.45) is 3.66. The third-order valence-corrected chi connectivity index (χ3v) is 2.68. The SMILES string of the molecule is CNCCCc1ncc(-c2cc(C)oc2C)o1. The van der Waals surface area contributed by atoms with Crippen molar-refractivity contribution in [2.75, 3.05) is 13.6 Å². The van der Waals surface area contributed by atoms with Crippen LogP contribution in [0, 0.1) is 13.8 Å². The minimum absolute atomic E-state index is 0.786. The van der Waals surface area contributed by atoms with Gasteiger partial charge in [-0.25, -0.2) is 4.98 Å². The molecule has 17 heavy (non-hydrogen) atoms. The zero-order valence-corrected chi connectivity index (χ0v) is 10.5. The summed E-state index contributed by atoms with van der Waals surface area (Å²) in [6, 6.07) is 1.98. The molecule has 0 radical (unpaired) electrons. The predicted octanol–water partition coefficient (Wildman–Crippen LogP) is 2.70. The van der Waals surface area contributed by atoms with Crippen LogP contribution in [0.15, 0.2) is 21.1 Å². The number of rotatable bonds is 5. The molecular weight excluding hydrogens is 216 g/mol. The molecule has 0 atom stereocenters. The third-order valence-electron chi connectivity index (χ3n) is 2.68. The predicted molar refractivity (Wildman–Crippen MR) is 65.9 cm³/mol. The van der Waals surface area contributed by atoms with Crippen LogP contribution in [0.4, 0.5) is 0 Å². The van der Waals surface area contributed by atoms with Crippen molar-refractivity contribution in [3.05, 3.63) is 29.7 Å². The monoisotopic (exact) mass is 234 g/mol. The fourth-order valence-electron chi connectivity index (χ4n) is 1.84. The largest absolute Gasteiger partial charge is 0.466 e. The number of aryl methyl sites for hydroxylation is 3. The Morgan fingerprint density at radius 1 is 1.29 bits per heavy atom. The molecule has 0 saturated carbocycles. The Bertz CT molecular complexity index is 485. The van der Waals surface area contributed by atoms with E-state index in [1.165, 1.54) is 0 Å². The highest BCUT2D eigenvalue weighted by Crippen LogP contribution is 2.27. The summed E-state index contributed by atoms with van der Waals surface area (Å²) < 4.78 is 11.2. The number of hydrogen-bond donors (Lipinski definition) is 1. The number of hydrogen-bond acceptors (Lipinski definition) is 4. The second-order valence-corrected chi connectivity index (χ2v) is 4.15. The van der Waals surface area contributed by atoms with E-state index in [4.69, 9.17) is 8.83 Å². The molecule has 0 unspecified atom stereocenters. The molecule has 0 aliphatic carbocycles. The number of furan rings is 1. The molecule has 2 rings (SSSR count). The Morgan fingerprint density at radius 2 is 2.12 bits per heavy atom. The highest BCUT2D eigenvalue weighted by Gasteiger charge is 2.12. The van der Waals surface area contributed by atoms with E-state index < -0.39 is 0 Å². The highest BCUT2D eigenvalue weighted by atomic mass is 16.4. The standard InChI is InChI=1S/C13H18N2O2/c1-9-7-11(10(2)16-9)12-8-15-13(17-12)5-4-6-14-3/h7-8,14H,4-6H2,1-3H3. The lowest BCUT2D eigenvalue weighted by Gasteiger charge is -1.95. The second kappa shape index (κ2) is 5.19. The van der Waals surface area contributed by atoms with Gasteiger partial charge in [0, 0.05) is 6.42 Å². The summed E-state index contributed by atoms with van der Waals surface area (Å²) in [4.78, 5) is 4.28. The first-order valence-corrected chi connectivity index (χ1v) is 5.87. The van der Waals surface area contributed by atoms with E-state index in [0.717, 1.165) is 48.1 Å². The Kier molecular flexibility index (Phi) is 3.64. The number of nitrogens with zero attached hydrogens (tertiary/aromatic N) is 1. The van der Waals surface area contributed by atoms with Crippen LogP contribution in [0.1, 0.15) is 23.8 Å². The topological polar surface area (TPSA) is 51.2 Å². The Morgan fingerprint density at radius 3 is 2.76 bits per heavy atom. The highest BCUT2D eigenvalue weighted by molar-refractivity contribution is 5.59. The van der Waals surface area contributed by atoms with Crippen LogP contribution in [-0.4, -0.2) is 18.6 Å². The molecule has 0 saturated heterocycles. The molecule has 0 bridgehead atoms. The van der Waals surface area contributed by atoms with E-state index in [0.29, 0.717) is 0 Å². The normalized spacial score (nSPS) is 11.0. The van der Waals surface area contributed by atoms with E-state index in [-0.39, 0.29) is 0 Å². The van der Waals surface area contributed by atoms with Crippen molar-refractivity contribution in [2.45, 2.75) is 26.7 Å². The van der Waals surface area contributed by atoms with Crippen molar-refractivity contribution in [3.8, 4) is 11.3 Å². The van der Waals surface area contributed by atoms with Crippen LogP contribution in [0.2, 0.25) is 0 Å². The molecule has 92 valence electrons. The summed E-state index contributed by atoms with van der Waals surface area (Å²) in [6.45, 7) is 4.84. The third kappa shape index (κ3) is 2.77. The van der Waals surface area contributed by atoms with Gasteiger partial charge in [-0.05, 0) is 39.9 Å². The Balaban J connectivity index is 2.10. The molecule has 2 heterocycles. The lowest BCUT2D eigenvalue weighted by atomic mass is 10.2. The van der Waals surface area contributed by atoms with Crippen molar-refractivity contribution in [2.24, 2.45) is 0 Å². The molecule has 1 N–H and O–H groups in total. The van der Waals surface area contributed by atoms with E-state index in [1.807, 2.05) is 27.0 Å². The Hall–Kier alpha value is -1.55. The van der Waals surface area contributed by atoms with Gasteiger partial charge in [0.2, 0.25) is 0 Å². The van der Waals surface area contributed by atoms with E-state index in [9.17, 15) is 0 Å². The first-order valence-electron chi connectivity index (χ1n) is 5.87. The number of aromatic nitrogens is 1. The van der Waals surface area contributed by atoms with Crippen molar-refractivity contribution in [3.63, 3.8) is 0 Å². The molecule has 0 aromatic carbocycles. The maximum absolute atomic E-state index is 5.71. The van der Waals surface area contributed by atoms with Crippen molar-refractivity contribution in [1.82, 2.24) is 10.3 Å². The second-order valence-electron chi connectivity index (χ2n) is 4.15. The minimum atomic E-state index is 0.786. The average molecular weight is 234 g/mol. The van der Waals surface area contributed by atoms with Crippen molar-refractivity contribution in [1.29, 1.82) is 0 Å². The molecule has 0 aliphatic rings. The van der Waals surface area contributed by atoms with Gasteiger partial charge in [0.25, 0.3) is 0 Å². The molecule has 4 heteroatoms. The molecule has 4 nitrogen and oxygen atoms in total. The first kappa shape index (κ1) is 11.9. The lowest BCUT2D eigenvalue weighted by molar-refractivity contribution is 0.488. The summed E-state index contributed by atoms with van der Waals surface area (Å²) in [5.74, 6) is 3.35. The quantitative estimate of drug-likeness (QED) is 0.808. The molecule has 0 aliphatic heterocycles. The van der Waals surface area contributed by atoms with Crippen molar-refractivity contribution >= 4 is 0 Å². The van der Waals surface area contributed by atoms with E-state index in [2.05, 4.69) is 10.3 Å². The first-order chi connectivity index (χ1) is 8.20. The Labute approximate surface area is 101 Å². The number of nitrogens with one attached hydrogen (secondary N) is 1. The maximum atomic E-state index is 5.71. The summed E-state index contributed by atoms with van der Waals surface area (Å²) in [7, 11) is 1.94. The van der Waals surface area contributed by atoms with Crippen LogP contribution in [0.5, 0.6) is 0 Å². The smallest absolute Gasteiger partial charge is 0.194 e. The van der Waals surface area contributed by atoms with Crippen LogP contribution >= 0.6 is 0 Å². The summed E-state index contributed by atoms with van der Waals surface area (Å²) >= 11 is 0. The van der Waals surface area contributed by atoms with Gasteiger partial charge in [-0.2, -0.15) is 0 Å². The molecule has 0 fully saturated rings. The van der Waals surface area contributed by atoms with Gasteiger partial charge >= 0.3 is 0 Å². The minimum Gasteiger partial charge on any atom is -0.466 e. The summed E-state index contributed by atoms with van der Waals surface area (Å²) in [5.41, 5.74) is 0.995. The fourth-order valence-corrected chi connectivity index (χ4v) is 1.84. The molecule has 2 aromatic heterocycles. The van der Waals surface area contributed by atoms with Gasteiger partial charge in [0.1, 0.15) is 11.5 Å². The van der Waals surface area contributed by atoms with Gasteiger partial charge in [-0.1, -0.05) is 0 Å². The average Bonchev–Trinajstić information content (AvgIpc) is 2.86. The van der Waals surface area contributed by atoms with Crippen LogP contribution in [0.25, 0.3) is 11.3 Å². The van der Waals surface area contributed by atoms with Crippen LogP contribution in [-0.2, 0) is 6.42 Å². The van der Waals surface area contributed by atoms with Gasteiger partial charge in [-0.3, -0.25) is 0 Å². The molecule has 0 spiro atoms. The van der Waals surface area contributed by atoms with Gasteiger partial charge < -0.3 is 14.2 Å². The number of oxazole rings is 1. The molecular formula is C13H18N2O2. The zero-order chi connectivity index (χ0) is 12.3. The zero-order valence-electron chi connectivity index (χ0n) is 10.5. The van der Waals surface area contributed by atoms with Crippen LogP contribution in [0.3, 0.4) is 0 Å². The summed E-state index contributed by atoms with van der Waals surface area (Å²) in [5, 5.41) is 3.10. The van der Waals surface area contributed by atoms with Crippen LogP contribution < -0.4 is 5.32 Å². The fraction of sp³-hybridized carbons (Fsp3) is 0.462. The van der Waals surface area contributed by atoms with Crippen molar-refractivity contribution < 1.29 is 8.83 Å². The van der Waals surface area contributed by atoms with E-state index in [1.54, 1.807) is 6.20 Å². The van der Waals surface area contributed by atoms with Gasteiger partial charge in [-0.15, -0.1) is 0 Å². The molecule has 0 amide bonds. The van der Waals surface area contributed by atoms with Gasteiger partial charge in [0.05, 0.1) is 11.8 Å². The lowest BCUT2D eigenvalue weighted by Crippen LogP contribution is -2.08. The maximum Gasteiger partial charge on any atom is 0.194 e. The molecule has 2 aromatic rings.